The average Bonchev–Trinajstić information content (AvgIpc) is 2.94. The lowest BCUT2D eigenvalue weighted by Crippen LogP contribution is -2.36. The molecule has 154 valence electrons. The maximum absolute atomic E-state index is 4.47. The molecule has 2 aromatic carbocycles. The molecule has 3 aromatic rings. The van der Waals surface area contributed by atoms with Crippen LogP contribution in [0.4, 0.5) is 0 Å². The van der Waals surface area contributed by atoms with Gasteiger partial charge >= 0.3 is 0 Å². The standard InChI is InChI=1S/C23H29N5.HI/c1-16-8-6-10-20(12-16)21-11-7-9-19(13-21)14-25-23(24-4)26-15-22-17(2)27-28(5)18(22)3;/h6-13H,14-15H2,1-5H3,(H2,24,25,26);1H. The first-order chi connectivity index (χ1) is 13.5. The Morgan fingerprint density at radius 3 is 2.24 bits per heavy atom. The van der Waals surface area contributed by atoms with Crippen molar-refractivity contribution in [1.29, 1.82) is 0 Å². The van der Waals surface area contributed by atoms with Gasteiger partial charge in [-0.15, -0.1) is 24.0 Å². The maximum atomic E-state index is 4.47. The molecule has 0 radical (unpaired) electrons. The lowest BCUT2D eigenvalue weighted by atomic mass is 10.0. The van der Waals surface area contributed by atoms with Gasteiger partial charge in [0, 0.05) is 38.4 Å². The molecule has 0 fully saturated rings. The maximum Gasteiger partial charge on any atom is 0.191 e. The van der Waals surface area contributed by atoms with E-state index in [1.807, 2.05) is 18.7 Å². The van der Waals surface area contributed by atoms with E-state index in [0.717, 1.165) is 11.7 Å². The van der Waals surface area contributed by atoms with Gasteiger partial charge in [-0.05, 0) is 43.5 Å². The molecule has 29 heavy (non-hydrogen) atoms. The van der Waals surface area contributed by atoms with Gasteiger partial charge in [0.05, 0.1) is 5.69 Å². The van der Waals surface area contributed by atoms with E-state index in [2.05, 4.69) is 83.1 Å². The molecule has 0 atom stereocenters. The molecule has 0 spiro atoms. The molecule has 0 saturated heterocycles. The van der Waals surface area contributed by atoms with Gasteiger partial charge in [-0.25, -0.2) is 0 Å². The van der Waals surface area contributed by atoms with Crippen LogP contribution in [0.25, 0.3) is 11.1 Å². The molecule has 0 saturated carbocycles. The predicted molar refractivity (Wildman–Crippen MR) is 132 cm³/mol. The molecular formula is C23H30IN5. The zero-order valence-corrected chi connectivity index (χ0v) is 20.1. The van der Waals surface area contributed by atoms with Crippen LogP contribution in [0.5, 0.6) is 0 Å². The Morgan fingerprint density at radius 2 is 1.62 bits per heavy atom. The van der Waals surface area contributed by atoms with Crippen LogP contribution in [0, 0.1) is 20.8 Å². The van der Waals surface area contributed by atoms with Gasteiger partial charge in [-0.2, -0.15) is 5.10 Å². The van der Waals surface area contributed by atoms with E-state index >= 15 is 0 Å². The fourth-order valence-electron chi connectivity index (χ4n) is 3.34. The van der Waals surface area contributed by atoms with Crippen LogP contribution in [-0.4, -0.2) is 22.8 Å². The van der Waals surface area contributed by atoms with Crippen LogP contribution in [0.1, 0.15) is 28.1 Å². The van der Waals surface area contributed by atoms with Crippen molar-refractivity contribution in [2.45, 2.75) is 33.9 Å². The number of rotatable bonds is 5. The molecule has 6 heteroatoms. The molecule has 3 rings (SSSR count). The van der Waals surface area contributed by atoms with Crippen molar-refractivity contribution in [3.63, 3.8) is 0 Å². The fourth-order valence-corrected chi connectivity index (χ4v) is 3.34. The van der Waals surface area contributed by atoms with Crippen LogP contribution in [0.15, 0.2) is 53.5 Å². The number of aliphatic imine (C=N–C) groups is 1. The molecule has 2 N–H and O–H groups in total. The van der Waals surface area contributed by atoms with E-state index < -0.39 is 0 Å². The van der Waals surface area contributed by atoms with Crippen molar-refractivity contribution in [1.82, 2.24) is 20.4 Å². The Kier molecular flexibility index (Phi) is 8.25. The number of halogens is 1. The first-order valence-electron chi connectivity index (χ1n) is 9.57. The summed E-state index contributed by atoms with van der Waals surface area (Å²) in [6, 6.07) is 17.2. The van der Waals surface area contributed by atoms with Crippen molar-refractivity contribution in [3.05, 3.63) is 76.6 Å². The van der Waals surface area contributed by atoms with E-state index in [0.29, 0.717) is 13.1 Å². The second-order valence-corrected chi connectivity index (χ2v) is 7.12. The zero-order valence-electron chi connectivity index (χ0n) is 17.8. The van der Waals surface area contributed by atoms with E-state index in [9.17, 15) is 0 Å². The summed E-state index contributed by atoms with van der Waals surface area (Å²) in [5, 5.41) is 11.3. The first-order valence-corrected chi connectivity index (χ1v) is 9.57. The van der Waals surface area contributed by atoms with E-state index in [1.165, 1.54) is 33.5 Å². The Hall–Kier alpha value is -2.35. The van der Waals surface area contributed by atoms with Gasteiger partial charge in [0.2, 0.25) is 0 Å². The second kappa shape index (κ2) is 10.4. The van der Waals surface area contributed by atoms with Crippen molar-refractivity contribution in [2.24, 2.45) is 12.0 Å². The highest BCUT2D eigenvalue weighted by molar-refractivity contribution is 14.0. The van der Waals surface area contributed by atoms with E-state index in [4.69, 9.17) is 0 Å². The van der Waals surface area contributed by atoms with Gasteiger partial charge in [-0.1, -0.05) is 48.0 Å². The summed E-state index contributed by atoms with van der Waals surface area (Å²) in [5.41, 5.74) is 8.40. The molecule has 0 aliphatic heterocycles. The Balaban J connectivity index is 0.00000300. The van der Waals surface area contributed by atoms with Crippen molar-refractivity contribution >= 4 is 29.9 Å². The van der Waals surface area contributed by atoms with Gasteiger partial charge in [0.15, 0.2) is 5.96 Å². The van der Waals surface area contributed by atoms with Crippen LogP contribution in [-0.2, 0) is 20.1 Å². The predicted octanol–water partition coefficient (Wildman–Crippen LogP) is 4.50. The number of hydrogen-bond donors (Lipinski definition) is 2. The van der Waals surface area contributed by atoms with Crippen LogP contribution >= 0.6 is 24.0 Å². The molecule has 0 bridgehead atoms. The number of benzene rings is 2. The lowest BCUT2D eigenvalue weighted by molar-refractivity contribution is 0.728. The zero-order chi connectivity index (χ0) is 20.1. The van der Waals surface area contributed by atoms with Crippen molar-refractivity contribution in [2.75, 3.05) is 7.05 Å². The highest BCUT2D eigenvalue weighted by atomic mass is 127. The third-order valence-corrected chi connectivity index (χ3v) is 5.05. The summed E-state index contributed by atoms with van der Waals surface area (Å²) < 4.78 is 1.92. The highest BCUT2D eigenvalue weighted by Crippen LogP contribution is 2.21. The number of hydrogen-bond acceptors (Lipinski definition) is 2. The SMILES string of the molecule is CN=C(NCc1cccc(-c2cccc(C)c2)c1)NCc1c(C)nn(C)c1C.I. The van der Waals surface area contributed by atoms with Crippen LogP contribution < -0.4 is 10.6 Å². The second-order valence-electron chi connectivity index (χ2n) is 7.12. The first kappa shape index (κ1) is 22.9. The van der Waals surface area contributed by atoms with Gasteiger partial charge < -0.3 is 10.6 Å². The minimum Gasteiger partial charge on any atom is -0.352 e. The molecule has 1 heterocycles. The topological polar surface area (TPSA) is 54.2 Å². The van der Waals surface area contributed by atoms with E-state index in [1.54, 1.807) is 7.05 Å². The minimum absolute atomic E-state index is 0. The monoisotopic (exact) mass is 503 g/mol. The number of nitrogens with one attached hydrogen (secondary N) is 2. The Bertz CT molecular complexity index is 991. The number of aromatic nitrogens is 2. The number of nitrogens with zero attached hydrogens (tertiary/aromatic N) is 3. The summed E-state index contributed by atoms with van der Waals surface area (Å²) >= 11 is 0. The molecule has 0 unspecified atom stereocenters. The van der Waals surface area contributed by atoms with Gasteiger partial charge in [0.25, 0.3) is 0 Å². The highest BCUT2D eigenvalue weighted by Gasteiger charge is 2.09. The molecule has 5 nitrogen and oxygen atoms in total. The Morgan fingerprint density at radius 1 is 0.966 bits per heavy atom. The summed E-state index contributed by atoms with van der Waals surface area (Å²) in [6.07, 6.45) is 0. The summed E-state index contributed by atoms with van der Waals surface area (Å²) in [4.78, 5) is 4.34. The smallest absolute Gasteiger partial charge is 0.191 e. The largest absolute Gasteiger partial charge is 0.352 e. The summed E-state index contributed by atoms with van der Waals surface area (Å²) in [6.45, 7) is 7.66. The van der Waals surface area contributed by atoms with Gasteiger partial charge in [0.1, 0.15) is 0 Å². The molecule has 0 amide bonds. The third kappa shape index (κ3) is 5.82. The molecule has 0 aliphatic carbocycles. The normalized spacial score (nSPS) is 11.1. The average molecular weight is 503 g/mol. The fraction of sp³-hybridized carbons (Fsp3) is 0.304. The lowest BCUT2D eigenvalue weighted by Gasteiger charge is -2.13. The van der Waals surface area contributed by atoms with Crippen LogP contribution in [0.3, 0.4) is 0 Å². The number of guanidine groups is 1. The summed E-state index contributed by atoms with van der Waals surface area (Å²) in [5.74, 6) is 0.781. The minimum atomic E-state index is 0. The molecular weight excluding hydrogens is 473 g/mol. The molecule has 0 aliphatic rings. The van der Waals surface area contributed by atoms with E-state index in [-0.39, 0.29) is 24.0 Å². The summed E-state index contributed by atoms with van der Waals surface area (Å²) in [7, 11) is 3.77. The Labute approximate surface area is 190 Å². The van der Waals surface area contributed by atoms with Crippen molar-refractivity contribution in [3.8, 4) is 11.1 Å². The van der Waals surface area contributed by atoms with Crippen molar-refractivity contribution < 1.29 is 0 Å². The van der Waals surface area contributed by atoms with Gasteiger partial charge in [-0.3, -0.25) is 9.67 Å². The quantitative estimate of drug-likeness (QED) is 0.307. The number of aryl methyl sites for hydroxylation is 3. The third-order valence-electron chi connectivity index (χ3n) is 5.05. The molecule has 1 aromatic heterocycles. The van der Waals surface area contributed by atoms with Crippen LogP contribution in [0.2, 0.25) is 0 Å².